The van der Waals surface area contributed by atoms with Gasteiger partial charge in [-0.25, -0.2) is 9.03 Å². The highest BCUT2D eigenvalue weighted by atomic mass is 32.2. The molecule has 1 fully saturated rings. The minimum atomic E-state index is -4.00. The molecule has 0 bridgehead atoms. The molecule has 0 saturated carbocycles. The lowest BCUT2D eigenvalue weighted by molar-refractivity contribution is -0.117. The van der Waals surface area contributed by atoms with Gasteiger partial charge in [0.15, 0.2) is 5.78 Å². The maximum absolute atomic E-state index is 11.9. The first kappa shape index (κ1) is 16.0. The van der Waals surface area contributed by atoms with Crippen LogP contribution in [0.25, 0.3) is 11.1 Å². The smallest absolute Gasteiger partial charge is 0.326 e. The normalized spacial score (nSPS) is 16.0. The number of phenols is 1. The van der Waals surface area contributed by atoms with Crippen molar-refractivity contribution in [3.8, 4) is 16.9 Å². The van der Waals surface area contributed by atoms with Gasteiger partial charge in [-0.15, -0.1) is 0 Å². The molecule has 0 aromatic heterocycles. The Hall–Kier alpha value is -2.87. The number of amides is 1. The molecule has 7 nitrogen and oxygen atoms in total. The Morgan fingerprint density at radius 1 is 1.12 bits per heavy atom. The molecule has 3 rings (SSSR count). The van der Waals surface area contributed by atoms with Crippen LogP contribution >= 0.6 is 0 Å². The van der Waals surface area contributed by atoms with Gasteiger partial charge in [0.1, 0.15) is 12.3 Å². The fraction of sp³-hybridized carbons (Fsp3) is 0.125. The van der Waals surface area contributed by atoms with Crippen molar-refractivity contribution >= 4 is 27.6 Å². The van der Waals surface area contributed by atoms with Gasteiger partial charge in [0, 0.05) is 5.56 Å². The number of Topliss-reactive ketones (excluding diaryl/α,β-unsaturated/α-hetero) is 1. The summed E-state index contributed by atoms with van der Waals surface area (Å²) in [6.07, 6.45) is 0. The molecular formula is C16H14N2O5S. The van der Waals surface area contributed by atoms with Crippen molar-refractivity contribution in [3.63, 3.8) is 0 Å². The first-order valence-electron chi connectivity index (χ1n) is 7.05. The number of hydrogen-bond acceptors (Lipinski definition) is 5. The van der Waals surface area contributed by atoms with E-state index in [-0.39, 0.29) is 23.8 Å². The topological polar surface area (TPSA) is 104 Å². The van der Waals surface area contributed by atoms with Crippen molar-refractivity contribution in [2.75, 3.05) is 10.8 Å². The zero-order valence-electron chi connectivity index (χ0n) is 12.7. The molecule has 1 saturated heterocycles. The summed E-state index contributed by atoms with van der Waals surface area (Å²) in [5, 5.41) is 9.99. The predicted molar refractivity (Wildman–Crippen MR) is 88.0 cm³/mol. The van der Waals surface area contributed by atoms with E-state index in [1.165, 1.54) is 19.1 Å². The molecule has 0 spiro atoms. The maximum Gasteiger partial charge on any atom is 0.326 e. The Morgan fingerprint density at radius 3 is 2.29 bits per heavy atom. The van der Waals surface area contributed by atoms with E-state index in [9.17, 15) is 23.1 Å². The summed E-state index contributed by atoms with van der Waals surface area (Å²) in [7, 11) is -4.00. The second-order valence-corrected chi connectivity index (χ2v) is 6.97. The minimum absolute atomic E-state index is 0.0153. The van der Waals surface area contributed by atoms with Crippen molar-refractivity contribution in [1.29, 1.82) is 0 Å². The second kappa shape index (κ2) is 5.64. The van der Waals surface area contributed by atoms with E-state index in [1.54, 1.807) is 30.3 Å². The first-order chi connectivity index (χ1) is 11.3. The predicted octanol–water partition coefficient (Wildman–Crippen LogP) is 1.44. The van der Waals surface area contributed by atoms with Crippen molar-refractivity contribution in [2.45, 2.75) is 6.92 Å². The number of ketones is 1. The van der Waals surface area contributed by atoms with Crippen LogP contribution in [0.3, 0.4) is 0 Å². The summed E-state index contributed by atoms with van der Waals surface area (Å²) in [5.41, 5.74) is 1.97. The molecule has 124 valence electrons. The molecule has 1 heterocycles. The van der Waals surface area contributed by atoms with Crippen LogP contribution < -0.4 is 9.03 Å². The molecule has 0 unspecified atom stereocenters. The molecule has 0 radical (unpaired) electrons. The summed E-state index contributed by atoms with van der Waals surface area (Å²) in [6, 6.07) is 11.3. The highest BCUT2D eigenvalue weighted by molar-refractivity contribution is 7.92. The summed E-state index contributed by atoms with van der Waals surface area (Å²) < 4.78 is 26.6. The van der Waals surface area contributed by atoms with Gasteiger partial charge in [-0.2, -0.15) is 8.42 Å². The van der Waals surface area contributed by atoms with Crippen molar-refractivity contribution < 1.29 is 23.1 Å². The number of benzene rings is 2. The SMILES string of the molecule is CC(=O)c1ccc(-c2ccc(O)c(N3CC(=O)NS3(=O)=O)c2)cc1. The summed E-state index contributed by atoms with van der Waals surface area (Å²) in [4.78, 5) is 22.7. The number of aromatic hydroxyl groups is 1. The van der Waals surface area contributed by atoms with E-state index in [4.69, 9.17) is 0 Å². The molecule has 1 amide bonds. The molecule has 1 aliphatic heterocycles. The minimum Gasteiger partial charge on any atom is -0.506 e. The standard InChI is InChI=1S/C16H14N2O5S/c1-10(19)11-2-4-12(5-3-11)13-6-7-15(20)14(8-13)18-9-16(21)17-24(18,22)23/h2-8,20H,9H2,1H3,(H,17,21). The van der Waals surface area contributed by atoms with Crippen LogP contribution in [0.5, 0.6) is 5.75 Å². The summed E-state index contributed by atoms with van der Waals surface area (Å²) in [6.45, 7) is 1.08. The Balaban J connectivity index is 2.03. The highest BCUT2D eigenvalue weighted by Gasteiger charge is 2.35. The van der Waals surface area contributed by atoms with Crippen molar-refractivity contribution in [2.24, 2.45) is 0 Å². The van der Waals surface area contributed by atoms with E-state index in [2.05, 4.69) is 0 Å². The lowest BCUT2D eigenvalue weighted by Crippen LogP contribution is -2.29. The van der Waals surface area contributed by atoms with E-state index in [0.29, 0.717) is 11.1 Å². The number of anilines is 1. The van der Waals surface area contributed by atoms with E-state index >= 15 is 0 Å². The van der Waals surface area contributed by atoms with E-state index in [1.807, 2.05) is 4.72 Å². The molecule has 24 heavy (non-hydrogen) atoms. The molecule has 2 N–H and O–H groups in total. The van der Waals surface area contributed by atoms with Gasteiger partial charge in [0.2, 0.25) is 0 Å². The van der Waals surface area contributed by atoms with Gasteiger partial charge in [-0.05, 0) is 30.2 Å². The molecule has 2 aromatic rings. The lowest BCUT2D eigenvalue weighted by Gasteiger charge is -2.17. The van der Waals surface area contributed by atoms with Gasteiger partial charge in [0.25, 0.3) is 5.91 Å². The number of nitrogens with one attached hydrogen (secondary N) is 1. The first-order valence-corrected chi connectivity index (χ1v) is 8.49. The largest absolute Gasteiger partial charge is 0.506 e. The molecular weight excluding hydrogens is 332 g/mol. The molecule has 0 atom stereocenters. The molecule has 1 aliphatic rings. The third kappa shape index (κ3) is 2.83. The molecule has 2 aromatic carbocycles. The highest BCUT2D eigenvalue weighted by Crippen LogP contribution is 2.34. The Kier molecular flexibility index (Phi) is 3.76. The fourth-order valence-electron chi connectivity index (χ4n) is 2.46. The van der Waals surface area contributed by atoms with Crippen LogP contribution in [-0.4, -0.2) is 31.8 Å². The number of nitrogens with zero attached hydrogens (tertiary/aromatic N) is 1. The zero-order valence-corrected chi connectivity index (χ0v) is 13.5. The van der Waals surface area contributed by atoms with Crippen LogP contribution in [-0.2, 0) is 15.0 Å². The van der Waals surface area contributed by atoms with Gasteiger partial charge in [0.05, 0.1) is 5.69 Å². The number of rotatable bonds is 3. The van der Waals surface area contributed by atoms with Crippen LogP contribution in [0.4, 0.5) is 5.69 Å². The average molecular weight is 346 g/mol. The third-order valence-electron chi connectivity index (χ3n) is 3.69. The Bertz CT molecular complexity index is 935. The Labute approximate surface area is 138 Å². The van der Waals surface area contributed by atoms with Gasteiger partial charge >= 0.3 is 10.2 Å². The van der Waals surface area contributed by atoms with Crippen molar-refractivity contribution in [3.05, 3.63) is 48.0 Å². The Morgan fingerprint density at radius 2 is 1.75 bits per heavy atom. The van der Waals surface area contributed by atoms with E-state index in [0.717, 1.165) is 9.87 Å². The van der Waals surface area contributed by atoms with Gasteiger partial charge in [-0.1, -0.05) is 30.3 Å². The van der Waals surface area contributed by atoms with Gasteiger partial charge in [-0.3, -0.25) is 9.59 Å². The quantitative estimate of drug-likeness (QED) is 0.819. The van der Waals surface area contributed by atoms with Gasteiger partial charge < -0.3 is 5.11 Å². The third-order valence-corrected chi connectivity index (χ3v) is 5.08. The second-order valence-electron chi connectivity index (χ2n) is 5.37. The van der Waals surface area contributed by atoms with Crippen molar-refractivity contribution in [1.82, 2.24) is 4.72 Å². The van der Waals surface area contributed by atoms with Crippen LogP contribution in [0.2, 0.25) is 0 Å². The van der Waals surface area contributed by atoms with Crippen LogP contribution in [0.15, 0.2) is 42.5 Å². The average Bonchev–Trinajstić information content (AvgIpc) is 2.80. The van der Waals surface area contributed by atoms with E-state index < -0.39 is 16.1 Å². The van der Waals surface area contributed by atoms with Crippen LogP contribution in [0.1, 0.15) is 17.3 Å². The summed E-state index contributed by atoms with van der Waals surface area (Å²) >= 11 is 0. The molecule has 8 heteroatoms. The lowest BCUT2D eigenvalue weighted by atomic mass is 10.0. The fourth-order valence-corrected chi connectivity index (χ4v) is 3.62. The number of hydrogen-bond donors (Lipinski definition) is 2. The zero-order chi connectivity index (χ0) is 17.5. The maximum atomic E-state index is 11.9. The monoisotopic (exact) mass is 346 g/mol. The van der Waals surface area contributed by atoms with Crippen LogP contribution in [0, 0.1) is 0 Å². The number of carbonyl (C=O) groups excluding carboxylic acids is 2. The summed E-state index contributed by atoms with van der Waals surface area (Å²) in [5.74, 6) is -0.967. The molecule has 0 aliphatic carbocycles. The number of phenolic OH excluding ortho intramolecular Hbond substituents is 1. The number of carbonyl (C=O) groups is 2.